The first-order valence-electron chi connectivity index (χ1n) is 9.47. The number of rotatable bonds is 7. The Morgan fingerprint density at radius 1 is 1.07 bits per heavy atom. The SMILES string of the molecule is NC(=O)c1c(CC2CCC(CO)CC2)ccc(OCc2ccccc2)c1F. The summed E-state index contributed by atoms with van der Waals surface area (Å²) in [5.74, 6) is -0.666. The van der Waals surface area contributed by atoms with Gasteiger partial charge in [-0.1, -0.05) is 36.4 Å². The van der Waals surface area contributed by atoms with E-state index < -0.39 is 11.7 Å². The number of aliphatic hydroxyl groups is 1. The minimum absolute atomic E-state index is 0.0420. The Morgan fingerprint density at radius 2 is 1.74 bits per heavy atom. The maximum absolute atomic E-state index is 14.9. The topological polar surface area (TPSA) is 72.6 Å². The Balaban J connectivity index is 1.73. The molecule has 1 aliphatic carbocycles. The van der Waals surface area contributed by atoms with Crippen LogP contribution in [0.4, 0.5) is 4.39 Å². The van der Waals surface area contributed by atoms with Crippen LogP contribution in [0, 0.1) is 17.7 Å². The van der Waals surface area contributed by atoms with E-state index in [0.29, 0.717) is 23.8 Å². The van der Waals surface area contributed by atoms with Gasteiger partial charge in [0.1, 0.15) is 6.61 Å². The minimum atomic E-state index is -0.767. The number of nitrogens with two attached hydrogens (primary N) is 1. The molecule has 5 heteroatoms. The van der Waals surface area contributed by atoms with Crippen LogP contribution in [-0.2, 0) is 13.0 Å². The van der Waals surface area contributed by atoms with Crippen molar-refractivity contribution in [3.05, 3.63) is 65.0 Å². The molecule has 0 radical (unpaired) electrons. The number of hydrogen-bond donors (Lipinski definition) is 2. The van der Waals surface area contributed by atoms with Gasteiger partial charge < -0.3 is 15.6 Å². The summed E-state index contributed by atoms with van der Waals surface area (Å²) in [6.45, 7) is 0.446. The van der Waals surface area contributed by atoms with Crippen LogP contribution in [0.1, 0.15) is 47.2 Å². The fraction of sp³-hybridized carbons (Fsp3) is 0.409. The smallest absolute Gasteiger partial charge is 0.252 e. The molecule has 1 aliphatic rings. The van der Waals surface area contributed by atoms with Gasteiger partial charge in [-0.3, -0.25) is 4.79 Å². The van der Waals surface area contributed by atoms with Crippen molar-refractivity contribution in [3.8, 4) is 5.75 Å². The monoisotopic (exact) mass is 371 g/mol. The fourth-order valence-electron chi connectivity index (χ4n) is 3.81. The van der Waals surface area contributed by atoms with Crippen molar-refractivity contribution in [3.63, 3.8) is 0 Å². The predicted octanol–water partition coefficient (Wildman–Crippen LogP) is 3.84. The number of carbonyl (C=O) groups is 1. The lowest BCUT2D eigenvalue weighted by molar-refractivity contribution is 0.0993. The molecule has 4 nitrogen and oxygen atoms in total. The third-order valence-corrected chi connectivity index (χ3v) is 5.41. The zero-order chi connectivity index (χ0) is 19.2. The Kier molecular flexibility index (Phi) is 6.45. The second kappa shape index (κ2) is 9.00. The van der Waals surface area contributed by atoms with Crippen molar-refractivity contribution in [1.29, 1.82) is 0 Å². The largest absolute Gasteiger partial charge is 0.486 e. The number of ether oxygens (including phenoxy) is 1. The molecular weight excluding hydrogens is 345 g/mol. The van der Waals surface area contributed by atoms with E-state index in [-0.39, 0.29) is 24.5 Å². The van der Waals surface area contributed by atoms with E-state index in [2.05, 4.69) is 0 Å². The Hall–Kier alpha value is -2.40. The molecular formula is C22H26FNO3. The number of aliphatic hydroxyl groups excluding tert-OH is 1. The highest BCUT2D eigenvalue weighted by Gasteiger charge is 2.25. The summed E-state index contributed by atoms with van der Waals surface area (Å²) in [7, 11) is 0. The maximum atomic E-state index is 14.9. The average molecular weight is 371 g/mol. The molecule has 0 unspecified atom stereocenters. The highest BCUT2D eigenvalue weighted by Crippen LogP contribution is 2.33. The van der Waals surface area contributed by atoms with Gasteiger partial charge in [-0.05, 0) is 61.1 Å². The van der Waals surface area contributed by atoms with E-state index in [9.17, 15) is 14.3 Å². The third-order valence-electron chi connectivity index (χ3n) is 5.41. The lowest BCUT2D eigenvalue weighted by Gasteiger charge is -2.27. The molecule has 0 heterocycles. The molecule has 0 atom stereocenters. The van der Waals surface area contributed by atoms with Gasteiger partial charge in [-0.2, -0.15) is 0 Å². The lowest BCUT2D eigenvalue weighted by Crippen LogP contribution is -2.22. The molecule has 3 N–H and O–H groups in total. The molecule has 0 aromatic heterocycles. The number of amides is 1. The van der Waals surface area contributed by atoms with Gasteiger partial charge >= 0.3 is 0 Å². The van der Waals surface area contributed by atoms with Crippen LogP contribution in [0.5, 0.6) is 5.75 Å². The molecule has 1 amide bonds. The van der Waals surface area contributed by atoms with E-state index in [4.69, 9.17) is 10.5 Å². The van der Waals surface area contributed by atoms with Crippen molar-refractivity contribution in [2.24, 2.45) is 17.6 Å². The molecule has 1 saturated carbocycles. The third kappa shape index (κ3) is 4.86. The average Bonchev–Trinajstić information content (AvgIpc) is 2.68. The fourth-order valence-corrected chi connectivity index (χ4v) is 3.81. The minimum Gasteiger partial charge on any atom is -0.486 e. The Morgan fingerprint density at radius 3 is 2.37 bits per heavy atom. The first-order chi connectivity index (χ1) is 13.1. The van der Waals surface area contributed by atoms with E-state index in [1.807, 2.05) is 30.3 Å². The molecule has 3 rings (SSSR count). The number of hydrogen-bond acceptors (Lipinski definition) is 3. The highest BCUT2D eigenvalue weighted by molar-refractivity contribution is 5.95. The van der Waals surface area contributed by atoms with Gasteiger partial charge in [0.25, 0.3) is 5.91 Å². The van der Waals surface area contributed by atoms with Crippen molar-refractivity contribution in [2.45, 2.75) is 38.7 Å². The molecule has 1 fully saturated rings. The summed E-state index contributed by atoms with van der Waals surface area (Å²) in [5, 5.41) is 9.26. The molecule has 2 aromatic carbocycles. The van der Waals surface area contributed by atoms with Crippen LogP contribution in [0.15, 0.2) is 42.5 Å². The first kappa shape index (κ1) is 19.4. The number of primary amides is 1. The highest BCUT2D eigenvalue weighted by atomic mass is 19.1. The summed E-state index contributed by atoms with van der Waals surface area (Å²) >= 11 is 0. The number of halogens is 1. The Labute approximate surface area is 159 Å². The van der Waals surface area contributed by atoms with Crippen LogP contribution in [0.3, 0.4) is 0 Å². The zero-order valence-electron chi connectivity index (χ0n) is 15.4. The normalized spacial score (nSPS) is 19.6. The summed E-state index contributed by atoms with van der Waals surface area (Å²) in [6.07, 6.45) is 4.49. The molecule has 0 spiro atoms. The molecule has 0 bridgehead atoms. The van der Waals surface area contributed by atoms with Crippen LogP contribution in [0.25, 0.3) is 0 Å². The summed E-state index contributed by atoms with van der Waals surface area (Å²) in [4.78, 5) is 11.9. The molecule has 0 saturated heterocycles. The molecule has 27 heavy (non-hydrogen) atoms. The quantitative estimate of drug-likeness (QED) is 0.777. The lowest BCUT2D eigenvalue weighted by atomic mass is 9.79. The first-order valence-corrected chi connectivity index (χ1v) is 9.47. The Bertz CT molecular complexity index is 771. The van der Waals surface area contributed by atoms with Gasteiger partial charge in [0.05, 0.1) is 5.56 Å². The van der Waals surface area contributed by atoms with Gasteiger partial charge in [-0.25, -0.2) is 4.39 Å². The molecule has 0 aliphatic heterocycles. The van der Waals surface area contributed by atoms with Crippen molar-refractivity contribution >= 4 is 5.91 Å². The van der Waals surface area contributed by atoms with E-state index in [1.165, 1.54) is 0 Å². The van der Waals surface area contributed by atoms with Crippen molar-refractivity contribution < 1.29 is 19.0 Å². The van der Waals surface area contributed by atoms with E-state index >= 15 is 0 Å². The standard InChI is InChI=1S/C22H26FNO3/c23-21-19(27-14-17-4-2-1-3-5-17)11-10-18(20(21)22(24)26)12-15-6-8-16(13-25)9-7-15/h1-5,10-11,15-16,25H,6-9,12-14H2,(H2,24,26). The van der Waals surface area contributed by atoms with Gasteiger partial charge in [0, 0.05) is 6.61 Å². The van der Waals surface area contributed by atoms with Crippen molar-refractivity contribution in [1.82, 2.24) is 0 Å². The summed E-state index contributed by atoms with van der Waals surface area (Å²) in [6, 6.07) is 12.8. The number of carbonyl (C=O) groups excluding carboxylic acids is 1. The van der Waals surface area contributed by atoms with E-state index in [0.717, 1.165) is 31.2 Å². The molecule has 2 aromatic rings. The van der Waals surface area contributed by atoms with Gasteiger partial charge in [-0.15, -0.1) is 0 Å². The maximum Gasteiger partial charge on any atom is 0.252 e. The molecule has 144 valence electrons. The van der Waals surface area contributed by atoms with Crippen LogP contribution in [0.2, 0.25) is 0 Å². The van der Waals surface area contributed by atoms with Crippen LogP contribution in [-0.4, -0.2) is 17.6 Å². The number of benzene rings is 2. The van der Waals surface area contributed by atoms with Crippen LogP contribution < -0.4 is 10.5 Å². The van der Waals surface area contributed by atoms with Crippen LogP contribution >= 0.6 is 0 Å². The summed E-state index contributed by atoms with van der Waals surface area (Å²) < 4.78 is 20.5. The second-order valence-electron chi connectivity index (χ2n) is 7.32. The second-order valence-corrected chi connectivity index (χ2v) is 7.32. The van der Waals surface area contributed by atoms with Crippen molar-refractivity contribution in [2.75, 3.05) is 6.61 Å². The van der Waals surface area contributed by atoms with Gasteiger partial charge in [0.15, 0.2) is 11.6 Å². The summed E-state index contributed by atoms with van der Waals surface area (Å²) in [5.41, 5.74) is 6.96. The predicted molar refractivity (Wildman–Crippen MR) is 102 cm³/mol. The van der Waals surface area contributed by atoms with Gasteiger partial charge in [0.2, 0.25) is 0 Å². The zero-order valence-corrected chi connectivity index (χ0v) is 15.4. The van der Waals surface area contributed by atoms with E-state index in [1.54, 1.807) is 12.1 Å².